The Bertz CT molecular complexity index is 134. The second-order valence-electron chi connectivity index (χ2n) is 0.965. The van der Waals surface area contributed by atoms with Crippen molar-refractivity contribution in [2.24, 2.45) is 0 Å². The minimum Gasteiger partial charge on any atom is -0.540 e. The van der Waals surface area contributed by atoms with Gasteiger partial charge < -0.3 is 15.2 Å². The Kier molecular flexibility index (Phi) is 7.41. The Balaban J connectivity index is 0. The third kappa shape index (κ3) is 5.55. The maximum Gasteiger partial charge on any atom is 1.00 e. The number of hydrogen-bond acceptors (Lipinski definition) is 3. The van der Waals surface area contributed by atoms with Crippen molar-refractivity contribution >= 4 is 11.9 Å². The van der Waals surface area contributed by atoms with E-state index in [1.807, 2.05) is 5.32 Å². The van der Waals surface area contributed by atoms with Gasteiger partial charge in [-0.1, -0.05) is 6.58 Å². The monoisotopic (exact) mass is 137 g/mol. The van der Waals surface area contributed by atoms with E-state index in [0.717, 1.165) is 6.20 Å². The number of amides is 1. The van der Waals surface area contributed by atoms with Crippen LogP contribution >= 0.6 is 0 Å². The predicted octanol–water partition coefficient (Wildman–Crippen LogP) is -5.00. The van der Waals surface area contributed by atoms with Crippen molar-refractivity contribution in [3.05, 3.63) is 12.8 Å². The van der Waals surface area contributed by atoms with Gasteiger partial charge in [-0.3, -0.25) is 4.79 Å². The van der Waals surface area contributed by atoms with E-state index in [9.17, 15) is 14.7 Å². The number of carbonyl (C=O) groups is 2. The van der Waals surface area contributed by atoms with E-state index in [4.69, 9.17) is 0 Å². The van der Waals surface area contributed by atoms with Crippen LogP contribution in [0.3, 0.4) is 0 Å². The fourth-order valence-electron chi connectivity index (χ4n) is 0.152. The smallest absolute Gasteiger partial charge is 0.540 e. The number of rotatable bonds is 1. The molecule has 5 heteroatoms. The zero-order valence-electron chi connectivity index (χ0n) is 5.01. The summed E-state index contributed by atoms with van der Waals surface area (Å²) in [6.45, 7) is 3.06. The van der Waals surface area contributed by atoms with Gasteiger partial charge in [0.15, 0.2) is 0 Å². The molecule has 0 unspecified atom stereocenters. The Morgan fingerprint density at radius 3 is 2.11 bits per heavy atom. The van der Waals surface area contributed by atoms with Gasteiger partial charge in [0.25, 0.3) is 5.91 Å². The average Bonchev–Trinajstić information content (AvgIpc) is 1.67. The van der Waals surface area contributed by atoms with E-state index >= 15 is 0 Å². The number of hydrogen-bond donors (Lipinski definition) is 1. The molecule has 4 nitrogen and oxygen atoms in total. The Labute approximate surface area is 74.2 Å². The number of carbonyl (C=O) groups excluding carboxylic acids is 2. The molecular formula is C4H4NNaO3. The molecule has 0 spiro atoms. The van der Waals surface area contributed by atoms with Gasteiger partial charge in [-0.15, -0.1) is 0 Å². The van der Waals surface area contributed by atoms with Crippen LogP contribution in [0.4, 0.5) is 0 Å². The normalized spacial score (nSPS) is 6.67. The topological polar surface area (TPSA) is 69.2 Å². The summed E-state index contributed by atoms with van der Waals surface area (Å²) < 4.78 is 0. The first kappa shape index (κ1) is 11.5. The van der Waals surface area contributed by atoms with Crippen LogP contribution in [0.15, 0.2) is 12.8 Å². The van der Waals surface area contributed by atoms with Gasteiger partial charge in [0.05, 0.1) is 0 Å². The van der Waals surface area contributed by atoms with Crippen molar-refractivity contribution < 1.29 is 44.3 Å². The predicted molar refractivity (Wildman–Crippen MR) is 23.3 cm³/mol. The Morgan fingerprint density at radius 2 is 2.00 bits per heavy atom. The van der Waals surface area contributed by atoms with Crippen LogP contribution in [0.25, 0.3) is 0 Å². The molecule has 0 aliphatic carbocycles. The molecule has 0 heterocycles. The molecule has 0 atom stereocenters. The van der Waals surface area contributed by atoms with Gasteiger partial charge in [0, 0.05) is 0 Å². The first-order valence-corrected chi connectivity index (χ1v) is 1.81. The molecule has 1 N–H and O–H groups in total. The van der Waals surface area contributed by atoms with Crippen LogP contribution in [0.1, 0.15) is 0 Å². The van der Waals surface area contributed by atoms with Crippen molar-refractivity contribution in [3.8, 4) is 0 Å². The molecule has 0 aromatic rings. The van der Waals surface area contributed by atoms with Crippen LogP contribution in [0.5, 0.6) is 0 Å². The third-order valence-electron chi connectivity index (χ3n) is 0.419. The molecule has 0 saturated carbocycles. The molecule has 0 fully saturated rings. The third-order valence-corrected chi connectivity index (χ3v) is 0.419. The van der Waals surface area contributed by atoms with E-state index in [2.05, 4.69) is 6.58 Å². The van der Waals surface area contributed by atoms with E-state index in [-0.39, 0.29) is 29.6 Å². The molecule has 44 valence electrons. The van der Waals surface area contributed by atoms with Crippen molar-refractivity contribution in [1.29, 1.82) is 0 Å². The van der Waals surface area contributed by atoms with Crippen LogP contribution < -0.4 is 40.0 Å². The van der Waals surface area contributed by atoms with Crippen molar-refractivity contribution in [1.82, 2.24) is 5.32 Å². The first-order valence-electron chi connectivity index (χ1n) is 1.81. The van der Waals surface area contributed by atoms with Gasteiger partial charge in [-0.05, 0) is 6.20 Å². The second kappa shape index (κ2) is 5.81. The summed E-state index contributed by atoms with van der Waals surface area (Å²) in [5, 5.41) is 11.3. The number of nitrogens with one attached hydrogen (secondary N) is 1. The van der Waals surface area contributed by atoms with Crippen molar-refractivity contribution in [2.75, 3.05) is 0 Å². The number of carboxylic acid groups (broad SMARTS) is 1. The van der Waals surface area contributed by atoms with Gasteiger partial charge >= 0.3 is 29.6 Å². The molecular weight excluding hydrogens is 133 g/mol. The summed E-state index contributed by atoms with van der Waals surface area (Å²) in [6, 6.07) is 0. The molecule has 0 radical (unpaired) electrons. The van der Waals surface area contributed by atoms with Crippen molar-refractivity contribution in [2.45, 2.75) is 0 Å². The molecule has 0 saturated heterocycles. The average molecular weight is 137 g/mol. The molecule has 0 aromatic carbocycles. The molecule has 0 rings (SSSR count). The fourth-order valence-corrected chi connectivity index (χ4v) is 0.152. The summed E-state index contributed by atoms with van der Waals surface area (Å²) in [5.74, 6) is -2.94. The maximum absolute atomic E-state index is 9.90. The molecule has 1 amide bonds. The minimum absolute atomic E-state index is 0. The zero-order valence-corrected chi connectivity index (χ0v) is 7.01. The minimum atomic E-state index is -1.76. The van der Waals surface area contributed by atoms with Crippen LogP contribution in [0, 0.1) is 0 Å². The summed E-state index contributed by atoms with van der Waals surface area (Å²) in [4.78, 5) is 19.4. The van der Waals surface area contributed by atoms with E-state index in [1.54, 1.807) is 0 Å². The molecule has 0 aromatic heterocycles. The fraction of sp³-hybridized carbons (Fsp3) is 0. The maximum atomic E-state index is 9.90. The van der Waals surface area contributed by atoms with E-state index in [0.29, 0.717) is 0 Å². The molecule has 0 aliphatic heterocycles. The largest absolute Gasteiger partial charge is 1.00 e. The summed E-state index contributed by atoms with van der Waals surface area (Å²) in [6.07, 6.45) is 0.970. The summed E-state index contributed by atoms with van der Waals surface area (Å²) >= 11 is 0. The van der Waals surface area contributed by atoms with Gasteiger partial charge in [-0.25, -0.2) is 0 Å². The van der Waals surface area contributed by atoms with Crippen LogP contribution in [-0.4, -0.2) is 11.9 Å². The Hall–Kier alpha value is -0.320. The number of aliphatic carboxylic acids is 1. The van der Waals surface area contributed by atoms with Crippen LogP contribution in [0.2, 0.25) is 0 Å². The van der Waals surface area contributed by atoms with Gasteiger partial charge in [-0.2, -0.15) is 0 Å². The van der Waals surface area contributed by atoms with E-state index in [1.165, 1.54) is 0 Å². The Morgan fingerprint density at radius 1 is 1.56 bits per heavy atom. The molecule has 0 bridgehead atoms. The number of carboxylic acids is 1. The van der Waals surface area contributed by atoms with Gasteiger partial charge in [0.2, 0.25) is 0 Å². The first-order chi connectivity index (χ1) is 3.68. The SMILES string of the molecule is C=CNC(=O)C(=O)[O-].[Na+]. The quantitative estimate of drug-likeness (QED) is 0.290. The van der Waals surface area contributed by atoms with E-state index < -0.39 is 11.9 Å². The second-order valence-corrected chi connectivity index (χ2v) is 0.965. The van der Waals surface area contributed by atoms with Crippen molar-refractivity contribution in [3.63, 3.8) is 0 Å². The molecule has 0 aliphatic rings. The van der Waals surface area contributed by atoms with Crippen LogP contribution in [-0.2, 0) is 9.59 Å². The standard InChI is InChI=1S/C4H5NO3.Na/c1-2-5-3(6)4(7)8;/h2H,1H2,(H,5,6)(H,7,8);/q;+1/p-1. The summed E-state index contributed by atoms with van der Waals surface area (Å²) in [7, 11) is 0. The summed E-state index contributed by atoms with van der Waals surface area (Å²) in [5.41, 5.74) is 0. The molecule has 9 heavy (non-hydrogen) atoms. The van der Waals surface area contributed by atoms with Gasteiger partial charge in [0.1, 0.15) is 5.97 Å². The zero-order chi connectivity index (χ0) is 6.57.